The number of carboxylic acid groups (broad SMARTS) is 1. The van der Waals surface area contributed by atoms with Gasteiger partial charge in [-0.1, -0.05) is 49.4 Å². The number of thiazole rings is 1. The van der Waals surface area contributed by atoms with Crippen molar-refractivity contribution >= 4 is 34.9 Å². The van der Waals surface area contributed by atoms with Crippen LogP contribution in [0, 0.1) is 11.8 Å². The van der Waals surface area contributed by atoms with Crippen LogP contribution in [0.4, 0.5) is 0 Å². The number of thioether (sulfide) groups is 1. The molecule has 1 saturated carbocycles. The van der Waals surface area contributed by atoms with E-state index in [0.717, 1.165) is 35.8 Å². The van der Waals surface area contributed by atoms with Crippen LogP contribution in [0.3, 0.4) is 0 Å². The van der Waals surface area contributed by atoms with Crippen molar-refractivity contribution in [2.75, 3.05) is 5.75 Å². The van der Waals surface area contributed by atoms with Crippen molar-refractivity contribution in [1.82, 2.24) is 4.98 Å². The fourth-order valence-electron chi connectivity index (χ4n) is 3.29. The van der Waals surface area contributed by atoms with Crippen LogP contribution in [-0.2, 0) is 4.79 Å². The van der Waals surface area contributed by atoms with E-state index in [1.54, 1.807) is 6.92 Å². The monoisotopic (exact) mass is 423 g/mol. The summed E-state index contributed by atoms with van der Waals surface area (Å²) in [5.41, 5.74) is -0.780. The Morgan fingerprint density at radius 1 is 1.46 bits per heavy atom. The molecule has 0 amide bonds. The zero-order valence-electron chi connectivity index (χ0n) is 16.5. The first-order chi connectivity index (χ1) is 13.3. The lowest BCUT2D eigenvalue weighted by molar-refractivity contribution is -0.121. The van der Waals surface area contributed by atoms with Crippen molar-refractivity contribution in [3.05, 3.63) is 35.4 Å². The summed E-state index contributed by atoms with van der Waals surface area (Å²) in [5.74, 6) is 0.248. The molecule has 0 saturated heterocycles. The molecule has 0 aromatic carbocycles. The van der Waals surface area contributed by atoms with Gasteiger partial charge in [-0.15, -0.1) is 11.3 Å². The highest BCUT2D eigenvalue weighted by Gasteiger charge is 2.32. The lowest BCUT2D eigenvalue weighted by atomic mass is 9.91. The number of aliphatic hydroxyl groups is 1. The molecule has 0 aliphatic heterocycles. The second kappa shape index (κ2) is 10.9. The number of aromatic carboxylic acids is 1. The zero-order chi connectivity index (χ0) is 20.6. The Bertz CT molecular complexity index is 724. The van der Waals surface area contributed by atoms with E-state index in [1.807, 2.05) is 18.2 Å². The summed E-state index contributed by atoms with van der Waals surface area (Å²) < 4.78 is 0.727. The number of ketones is 1. The first-order valence-corrected chi connectivity index (χ1v) is 11.6. The molecule has 1 heterocycles. The number of hydrogen-bond acceptors (Lipinski definition) is 6. The van der Waals surface area contributed by atoms with Crippen LogP contribution in [0.25, 0.3) is 0 Å². The molecule has 7 heteroatoms. The second-order valence-corrected chi connectivity index (χ2v) is 9.60. The Balaban J connectivity index is 1.83. The van der Waals surface area contributed by atoms with E-state index < -0.39 is 11.6 Å². The van der Waals surface area contributed by atoms with Crippen LogP contribution in [-0.4, -0.2) is 38.3 Å². The Morgan fingerprint density at radius 3 is 2.93 bits per heavy atom. The van der Waals surface area contributed by atoms with Crippen molar-refractivity contribution in [3.8, 4) is 0 Å². The highest BCUT2D eigenvalue weighted by molar-refractivity contribution is 8.01. The predicted molar refractivity (Wildman–Crippen MR) is 114 cm³/mol. The highest BCUT2D eigenvalue weighted by Crippen LogP contribution is 2.35. The third-order valence-corrected chi connectivity index (χ3v) is 6.91. The Kier molecular flexibility index (Phi) is 8.92. The summed E-state index contributed by atoms with van der Waals surface area (Å²) in [4.78, 5) is 27.2. The molecule has 0 spiro atoms. The normalized spacial score (nSPS) is 22.3. The molecule has 2 rings (SSSR count). The van der Waals surface area contributed by atoms with Gasteiger partial charge < -0.3 is 10.2 Å². The number of Topliss-reactive ketones (excluding diaryl/α,β-unsaturated/α-hetero) is 1. The smallest absolute Gasteiger partial charge is 0.355 e. The third-order valence-electron chi connectivity index (χ3n) is 4.86. The highest BCUT2D eigenvalue weighted by atomic mass is 32.2. The number of allylic oxidation sites excluding steroid dienone is 2. The van der Waals surface area contributed by atoms with Crippen LogP contribution >= 0.6 is 23.1 Å². The summed E-state index contributed by atoms with van der Waals surface area (Å²) in [5, 5.41) is 20.9. The van der Waals surface area contributed by atoms with E-state index in [-0.39, 0.29) is 17.5 Å². The summed E-state index contributed by atoms with van der Waals surface area (Å²) in [7, 11) is 0. The van der Waals surface area contributed by atoms with Crippen LogP contribution < -0.4 is 0 Å². The maximum atomic E-state index is 12.3. The number of unbranched alkanes of at least 4 members (excludes halogenated alkanes) is 1. The molecule has 3 atom stereocenters. The summed E-state index contributed by atoms with van der Waals surface area (Å²) >= 11 is 2.83. The molecule has 2 N–H and O–H groups in total. The molecule has 154 valence electrons. The zero-order valence-corrected chi connectivity index (χ0v) is 18.1. The number of nitrogens with zero attached hydrogens (tertiary/aromatic N) is 1. The molecule has 0 bridgehead atoms. The number of carboxylic acids is 1. The minimum absolute atomic E-state index is 0.00300. The molecule has 1 unspecified atom stereocenters. The predicted octanol–water partition coefficient (Wildman–Crippen LogP) is 4.97. The van der Waals surface area contributed by atoms with E-state index in [2.05, 4.69) is 18.0 Å². The SMILES string of the molecule is CCCC=CC(C)(O)CC=C[C@H]1CCC(=O)[C@@H]1CCSc1nc(C(=O)O)cs1. The van der Waals surface area contributed by atoms with Gasteiger partial charge in [0, 0.05) is 23.5 Å². The van der Waals surface area contributed by atoms with Gasteiger partial charge in [0.2, 0.25) is 0 Å². The summed E-state index contributed by atoms with van der Waals surface area (Å²) in [6.45, 7) is 3.91. The van der Waals surface area contributed by atoms with Crippen molar-refractivity contribution in [1.29, 1.82) is 0 Å². The van der Waals surface area contributed by atoms with E-state index in [0.29, 0.717) is 18.6 Å². The van der Waals surface area contributed by atoms with Crippen molar-refractivity contribution < 1.29 is 19.8 Å². The Morgan fingerprint density at radius 2 is 2.25 bits per heavy atom. The average Bonchev–Trinajstić information content (AvgIpc) is 3.23. The van der Waals surface area contributed by atoms with E-state index in [4.69, 9.17) is 5.11 Å². The van der Waals surface area contributed by atoms with Gasteiger partial charge in [0.05, 0.1) is 5.60 Å². The van der Waals surface area contributed by atoms with Crippen molar-refractivity contribution in [2.24, 2.45) is 11.8 Å². The second-order valence-electron chi connectivity index (χ2n) is 7.40. The molecule has 0 radical (unpaired) electrons. The Hall–Kier alpha value is -1.44. The van der Waals surface area contributed by atoms with Crippen LogP contribution in [0.1, 0.15) is 62.9 Å². The van der Waals surface area contributed by atoms with Crippen LogP contribution in [0.15, 0.2) is 34.0 Å². The van der Waals surface area contributed by atoms with Gasteiger partial charge in [-0.2, -0.15) is 0 Å². The molecular weight excluding hydrogens is 394 g/mol. The van der Waals surface area contributed by atoms with Gasteiger partial charge in [0.15, 0.2) is 10.0 Å². The maximum Gasteiger partial charge on any atom is 0.355 e. The number of carbonyl (C=O) groups is 2. The first-order valence-electron chi connectivity index (χ1n) is 9.73. The van der Waals surface area contributed by atoms with Crippen molar-refractivity contribution in [2.45, 2.75) is 62.3 Å². The fraction of sp³-hybridized carbons (Fsp3) is 0.571. The van der Waals surface area contributed by atoms with Crippen molar-refractivity contribution in [3.63, 3.8) is 0 Å². The van der Waals surface area contributed by atoms with Gasteiger partial charge in [-0.05, 0) is 38.5 Å². The minimum atomic E-state index is -1.01. The average molecular weight is 424 g/mol. The molecule has 1 fully saturated rings. The van der Waals surface area contributed by atoms with Gasteiger partial charge in [0.1, 0.15) is 5.78 Å². The minimum Gasteiger partial charge on any atom is -0.476 e. The van der Waals surface area contributed by atoms with E-state index >= 15 is 0 Å². The quantitative estimate of drug-likeness (QED) is 0.386. The van der Waals surface area contributed by atoms with Gasteiger partial charge >= 0.3 is 5.97 Å². The van der Waals surface area contributed by atoms with Gasteiger partial charge in [0.25, 0.3) is 0 Å². The largest absolute Gasteiger partial charge is 0.476 e. The summed E-state index contributed by atoms with van der Waals surface area (Å²) in [6.07, 6.45) is 12.7. The molecule has 28 heavy (non-hydrogen) atoms. The summed E-state index contributed by atoms with van der Waals surface area (Å²) in [6, 6.07) is 0. The van der Waals surface area contributed by atoms with E-state index in [1.165, 1.54) is 28.5 Å². The maximum absolute atomic E-state index is 12.3. The molecule has 1 aliphatic rings. The molecule has 1 aromatic heterocycles. The lowest BCUT2D eigenvalue weighted by Gasteiger charge is -2.18. The first kappa shape index (κ1) is 22.8. The third kappa shape index (κ3) is 7.18. The van der Waals surface area contributed by atoms with E-state index in [9.17, 15) is 14.7 Å². The standard InChI is InChI=1S/C21H29NO4S2/c1-3-4-5-11-21(2,26)12-6-7-15-8-9-18(23)16(15)10-13-27-20-22-17(14-28-20)19(24)25/h5-7,11,14-16,26H,3-4,8-10,12-13H2,1-2H3,(H,24,25)/t15-,16+,21?/m0/s1. The molecular formula is C21H29NO4S2. The Labute approximate surface area is 175 Å². The number of rotatable bonds is 11. The molecule has 1 aromatic rings. The fourth-order valence-corrected chi connectivity index (χ4v) is 5.18. The van der Waals surface area contributed by atoms with Gasteiger partial charge in [-0.25, -0.2) is 9.78 Å². The number of hydrogen-bond donors (Lipinski definition) is 2. The number of aromatic nitrogens is 1. The molecule has 5 nitrogen and oxygen atoms in total. The lowest BCUT2D eigenvalue weighted by Crippen LogP contribution is -2.19. The topological polar surface area (TPSA) is 87.5 Å². The molecule has 1 aliphatic carbocycles. The van der Waals surface area contributed by atoms with Gasteiger partial charge in [-0.3, -0.25) is 4.79 Å². The van der Waals surface area contributed by atoms with Crippen LogP contribution in [0.5, 0.6) is 0 Å². The van der Waals surface area contributed by atoms with Crippen LogP contribution in [0.2, 0.25) is 0 Å². The number of carbonyl (C=O) groups excluding carboxylic acids is 1.